The predicted molar refractivity (Wildman–Crippen MR) is 69.2 cm³/mol. The fourth-order valence-corrected chi connectivity index (χ4v) is 1.64. The molecule has 0 bridgehead atoms. The smallest absolute Gasteiger partial charge is 0.302 e. The molecular formula is C15H18FeO3. The molecule has 1 N–H and O–H groups in total. The maximum Gasteiger partial charge on any atom is 0.302 e. The van der Waals surface area contributed by atoms with E-state index in [4.69, 9.17) is 9.84 Å². The van der Waals surface area contributed by atoms with Gasteiger partial charge in [-0.15, -0.1) is 0 Å². The monoisotopic (exact) mass is 302 g/mol. The number of carbonyl (C=O) groups is 1. The van der Waals surface area contributed by atoms with Gasteiger partial charge in [0.15, 0.2) is 0 Å². The second kappa shape index (κ2) is 10.7. The second-order valence-corrected chi connectivity index (χ2v) is 3.88. The summed E-state index contributed by atoms with van der Waals surface area (Å²) in [5, 5.41) is 8.95. The van der Waals surface area contributed by atoms with Crippen molar-refractivity contribution >= 4 is 5.97 Å². The van der Waals surface area contributed by atoms with Crippen molar-refractivity contribution in [3.8, 4) is 0 Å². The van der Waals surface area contributed by atoms with E-state index in [1.807, 2.05) is 51.4 Å². The zero-order valence-electron chi connectivity index (χ0n) is 11.0. The minimum Gasteiger partial charge on any atom is -0.462 e. The third kappa shape index (κ3) is 7.34. The van der Waals surface area contributed by atoms with Gasteiger partial charge in [-0.1, -0.05) is 0 Å². The molecule has 4 heteroatoms. The number of esters is 1. The molecule has 0 saturated heterocycles. The average molecular weight is 302 g/mol. The Morgan fingerprint density at radius 1 is 1.16 bits per heavy atom. The van der Waals surface area contributed by atoms with Crippen LogP contribution in [0.15, 0.2) is 0 Å². The quantitative estimate of drug-likeness (QED) is 0.638. The number of aliphatic hydroxyl groups is 1. The first-order valence-electron chi connectivity index (χ1n) is 5.84. The van der Waals surface area contributed by atoms with Crippen LogP contribution in [0.3, 0.4) is 0 Å². The molecule has 2 rings (SSSR count). The summed E-state index contributed by atoms with van der Waals surface area (Å²) in [4.78, 5) is 10.7. The standard InChI is InChI=1S/C10H13O3.C5H5.Fe/c1-7(13-8(2)12)10-5-3-4-9(10)6-11;1-2-4-5-3-1;/h3-5,7,11H,6H2,1-2H3;1-5H;/t7-;;/m1../s1. The van der Waals surface area contributed by atoms with Gasteiger partial charge in [0.1, 0.15) is 6.10 Å². The number of carbonyl (C=O) groups excluding carboxylic acids is 1. The first-order valence-corrected chi connectivity index (χ1v) is 5.84. The topological polar surface area (TPSA) is 46.5 Å². The van der Waals surface area contributed by atoms with Gasteiger partial charge < -0.3 is 9.84 Å². The summed E-state index contributed by atoms with van der Waals surface area (Å²) in [6.07, 6.45) is 15.2. The van der Waals surface area contributed by atoms with Crippen molar-refractivity contribution in [2.45, 2.75) is 20.0 Å². The molecule has 104 valence electrons. The summed E-state index contributed by atoms with van der Waals surface area (Å²) < 4.78 is 4.99. The Hall–Kier alpha value is -0.0505. The zero-order valence-corrected chi connectivity index (χ0v) is 12.1. The number of hydrogen-bond acceptors (Lipinski definition) is 3. The molecule has 0 aromatic rings. The van der Waals surface area contributed by atoms with Crippen LogP contribution in [0, 0.1) is 63.2 Å². The Bertz CT molecular complexity index is 234. The molecule has 3 nitrogen and oxygen atoms in total. The van der Waals surface area contributed by atoms with Gasteiger partial charge in [0, 0.05) is 35.8 Å². The van der Waals surface area contributed by atoms with Gasteiger partial charge in [-0.3, -0.25) is 4.79 Å². The molecule has 19 heavy (non-hydrogen) atoms. The third-order valence-corrected chi connectivity index (χ3v) is 2.45. The SMILES string of the molecule is CC(=O)O[C@H](C)[C]1[CH][CH][CH][C]1CO.[CH]1[CH][CH][CH][CH]1.[Fe]. The first-order chi connectivity index (χ1) is 8.65. The molecule has 0 aliphatic heterocycles. The molecule has 2 aliphatic rings. The van der Waals surface area contributed by atoms with Gasteiger partial charge >= 0.3 is 5.97 Å². The maximum atomic E-state index is 10.7. The Balaban J connectivity index is 0.000000454. The van der Waals surface area contributed by atoms with Crippen molar-refractivity contribution in [3.63, 3.8) is 0 Å². The number of aliphatic hydroxyl groups excluding tert-OH is 1. The van der Waals surface area contributed by atoms with Gasteiger partial charge in [-0.05, 0) is 58.3 Å². The van der Waals surface area contributed by atoms with E-state index < -0.39 is 0 Å². The third-order valence-electron chi connectivity index (χ3n) is 2.45. The number of ether oxygens (including phenoxy) is 1. The van der Waals surface area contributed by atoms with Crippen molar-refractivity contribution < 1.29 is 31.7 Å². The minimum absolute atomic E-state index is 0. The molecule has 10 radical (unpaired) electrons. The summed E-state index contributed by atoms with van der Waals surface area (Å²) in [6, 6.07) is 0. The normalized spacial score (nSPS) is 21.2. The van der Waals surface area contributed by atoms with E-state index >= 15 is 0 Å². The molecule has 0 aromatic carbocycles. The molecular weight excluding hydrogens is 284 g/mol. The molecule has 2 saturated carbocycles. The molecule has 0 aromatic heterocycles. The average Bonchev–Trinajstić information content (AvgIpc) is 3.02. The van der Waals surface area contributed by atoms with E-state index in [1.54, 1.807) is 6.92 Å². The second-order valence-electron chi connectivity index (χ2n) is 3.88. The van der Waals surface area contributed by atoms with Crippen molar-refractivity contribution in [2.24, 2.45) is 0 Å². The molecule has 0 heterocycles. The Labute approximate surface area is 128 Å². The van der Waals surface area contributed by atoms with Crippen molar-refractivity contribution in [1.82, 2.24) is 0 Å². The Kier molecular flexibility index (Phi) is 10.7. The van der Waals surface area contributed by atoms with Crippen LogP contribution < -0.4 is 0 Å². The molecule has 2 aliphatic carbocycles. The summed E-state index contributed by atoms with van der Waals surface area (Å²) in [7, 11) is 0. The van der Waals surface area contributed by atoms with Crippen molar-refractivity contribution in [2.75, 3.05) is 6.61 Å². The van der Waals surface area contributed by atoms with Crippen LogP contribution in [0.25, 0.3) is 0 Å². The maximum absolute atomic E-state index is 10.7. The van der Waals surface area contributed by atoms with Gasteiger partial charge in [-0.2, -0.15) is 0 Å². The van der Waals surface area contributed by atoms with Gasteiger partial charge in [0.25, 0.3) is 0 Å². The molecule has 0 unspecified atom stereocenters. The number of rotatable bonds is 3. The summed E-state index contributed by atoms with van der Waals surface area (Å²) in [6.45, 7) is 3.14. The first kappa shape index (κ1) is 18.9. The van der Waals surface area contributed by atoms with Gasteiger partial charge in [0.2, 0.25) is 0 Å². The van der Waals surface area contributed by atoms with Crippen molar-refractivity contribution in [3.05, 3.63) is 63.2 Å². The minimum atomic E-state index is -0.308. The van der Waals surface area contributed by atoms with E-state index in [-0.39, 0.29) is 35.7 Å². The van der Waals surface area contributed by atoms with Crippen LogP contribution in [0.4, 0.5) is 0 Å². The van der Waals surface area contributed by atoms with Crippen LogP contribution in [0.2, 0.25) is 0 Å². The Morgan fingerprint density at radius 3 is 2.11 bits per heavy atom. The Morgan fingerprint density at radius 2 is 1.68 bits per heavy atom. The van der Waals surface area contributed by atoms with E-state index in [0.717, 1.165) is 11.8 Å². The zero-order chi connectivity index (χ0) is 13.4. The van der Waals surface area contributed by atoms with Crippen LogP contribution in [-0.2, 0) is 26.6 Å². The fourth-order valence-electron chi connectivity index (χ4n) is 1.64. The van der Waals surface area contributed by atoms with E-state index in [2.05, 4.69) is 0 Å². The van der Waals surface area contributed by atoms with Crippen molar-refractivity contribution in [1.29, 1.82) is 0 Å². The number of hydrogen-bond donors (Lipinski definition) is 1. The largest absolute Gasteiger partial charge is 0.462 e. The van der Waals surface area contributed by atoms with Crippen LogP contribution in [-0.4, -0.2) is 23.8 Å². The summed E-state index contributed by atoms with van der Waals surface area (Å²) in [5.41, 5.74) is 0. The van der Waals surface area contributed by atoms with Crippen LogP contribution >= 0.6 is 0 Å². The molecule has 0 spiro atoms. The molecule has 0 amide bonds. The molecule has 1 atom stereocenters. The van der Waals surface area contributed by atoms with Crippen LogP contribution in [0.1, 0.15) is 13.8 Å². The van der Waals surface area contributed by atoms with E-state index in [1.165, 1.54) is 6.92 Å². The fraction of sp³-hybridized carbons (Fsp3) is 0.267. The van der Waals surface area contributed by atoms with E-state index in [9.17, 15) is 4.79 Å². The van der Waals surface area contributed by atoms with Gasteiger partial charge in [-0.25, -0.2) is 0 Å². The van der Waals surface area contributed by atoms with Crippen LogP contribution in [0.5, 0.6) is 0 Å². The summed E-state index contributed by atoms with van der Waals surface area (Å²) in [5.74, 6) is 1.38. The van der Waals surface area contributed by atoms with Gasteiger partial charge in [0.05, 0.1) is 6.61 Å². The molecule has 2 fully saturated rings. The van der Waals surface area contributed by atoms with E-state index in [0.29, 0.717) is 0 Å². The predicted octanol–water partition coefficient (Wildman–Crippen LogP) is 1.72. The summed E-state index contributed by atoms with van der Waals surface area (Å²) >= 11 is 0.